The molecule has 0 aliphatic carbocycles. The first-order chi connectivity index (χ1) is 14.4. The largest absolute Gasteiger partial charge is 0.423 e. The first-order valence-corrected chi connectivity index (χ1v) is 9.33. The zero-order chi connectivity index (χ0) is 21.5. The number of esters is 1. The van der Waals surface area contributed by atoms with Crippen molar-refractivity contribution >= 4 is 23.6 Å². The highest BCUT2D eigenvalue weighted by atomic mass is 16.5. The topological polar surface area (TPSA) is 79.2 Å². The van der Waals surface area contributed by atoms with E-state index in [0.29, 0.717) is 22.6 Å². The van der Waals surface area contributed by atoms with Crippen LogP contribution in [0.4, 0.5) is 5.69 Å². The maximum Gasteiger partial charge on any atom is 0.343 e. The van der Waals surface area contributed by atoms with Gasteiger partial charge in [-0.25, -0.2) is 4.79 Å². The lowest BCUT2D eigenvalue weighted by atomic mass is 10.1. The van der Waals surface area contributed by atoms with Crippen LogP contribution in [0.5, 0.6) is 5.75 Å². The third-order valence-corrected chi connectivity index (χ3v) is 4.36. The molecule has 0 unspecified atom stereocenters. The van der Waals surface area contributed by atoms with Crippen LogP contribution in [-0.2, 0) is 4.79 Å². The molecule has 0 aromatic heterocycles. The summed E-state index contributed by atoms with van der Waals surface area (Å²) >= 11 is 0. The van der Waals surface area contributed by atoms with Crippen LogP contribution < -0.4 is 10.1 Å². The molecule has 148 valence electrons. The Hall–Kier alpha value is -4.17. The third kappa shape index (κ3) is 5.43. The summed E-state index contributed by atoms with van der Waals surface area (Å²) in [6.07, 6.45) is 1.48. The van der Waals surface area contributed by atoms with Crippen molar-refractivity contribution in [1.29, 1.82) is 5.26 Å². The van der Waals surface area contributed by atoms with Gasteiger partial charge < -0.3 is 10.1 Å². The first kappa shape index (κ1) is 20.6. The Balaban J connectivity index is 1.67. The molecule has 0 saturated heterocycles. The third-order valence-electron chi connectivity index (χ3n) is 4.36. The summed E-state index contributed by atoms with van der Waals surface area (Å²) in [6, 6.07) is 22.9. The second kappa shape index (κ2) is 9.35. The molecule has 5 nitrogen and oxygen atoms in total. The molecule has 0 aliphatic rings. The Bertz CT molecular complexity index is 1120. The number of carbonyl (C=O) groups is 2. The number of aryl methyl sites for hydroxylation is 2. The summed E-state index contributed by atoms with van der Waals surface area (Å²) in [5.41, 5.74) is 3.82. The number of benzene rings is 3. The van der Waals surface area contributed by atoms with E-state index in [9.17, 15) is 14.9 Å². The standard InChI is InChI=1S/C25H20N2O3/c1-17-3-9-20(10-4-17)25(29)30-23-13-7-19(8-14-23)15-21(16-26)24(28)27-22-11-5-18(2)6-12-22/h3-15H,1-2H3,(H,27,28). The molecule has 0 radical (unpaired) electrons. The van der Waals surface area contributed by atoms with Gasteiger partial charge in [-0.15, -0.1) is 0 Å². The maximum atomic E-state index is 12.4. The Labute approximate surface area is 175 Å². The van der Waals surface area contributed by atoms with Crippen molar-refractivity contribution in [2.75, 3.05) is 5.32 Å². The molecule has 0 bridgehead atoms. The molecule has 3 aromatic carbocycles. The van der Waals surface area contributed by atoms with Gasteiger partial charge in [0.2, 0.25) is 0 Å². The second-order valence-corrected chi connectivity index (χ2v) is 6.81. The minimum Gasteiger partial charge on any atom is -0.423 e. The molecule has 0 heterocycles. The van der Waals surface area contributed by atoms with E-state index in [0.717, 1.165) is 11.1 Å². The fourth-order valence-electron chi connectivity index (χ4n) is 2.64. The first-order valence-electron chi connectivity index (χ1n) is 9.33. The number of amides is 1. The number of rotatable bonds is 5. The van der Waals surface area contributed by atoms with E-state index >= 15 is 0 Å². The number of nitriles is 1. The lowest BCUT2D eigenvalue weighted by molar-refractivity contribution is -0.112. The molecule has 0 fully saturated rings. The Kier molecular flexibility index (Phi) is 6.41. The van der Waals surface area contributed by atoms with Gasteiger partial charge in [0.25, 0.3) is 5.91 Å². The van der Waals surface area contributed by atoms with Gasteiger partial charge >= 0.3 is 5.97 Å². The number of carbonyl (C=O) groups excluding carboxylic acids is 2. The summed E-state index contributed by atoms with van der Waals surface area (Å²) in [5.74, 6) is -0.565. The van der Waals surface area contributed by atoms with E-state index in [4.69, 9.17) is 4.74 Å². The van der Waals surface area contributed by atoms with Gasteiger partial charge in [0, 0.05) is 5.69 Å². The predicted molar refractivity (Wildman–Crippen MR) is 116 cm³/mol. The second-order valence-electron chi connectivity index (χ2n) is 6.81. The van der Waals surface area contributed by atoms with Crippen LogP contribution in [0, 0.1) is 25.2 Å². The summed E-state index contributed by atoms with van der Waals surface area (Å²) in [7, 11) is 0. The minimum absolute atomic E-state index is 0.0278. The summed E-state index contributed by atoms with van der Waals surface area (Å²) in [4.78, 5) is 24.5. The molecule has 0 spiro atoms. The van der Waals surface area contributed by atoms with Gasteiger partial charge in [-0.2, -0.15) is 5.26 Å². The van der Waals surface area contributed by atoms with E-state index in [1.165, 1.54) is 6.08 Å². The summed E-state index contributed by atoms with van der Waals surface area (Å²) in [5, 5.41) is 12.1. The minimum atomic E-state index is -0.490. The van der Waals surface area contributed by atoms with E-state index in [-0.39, 0.29) is 5.57 Å². The van der Waals surface area contributed by atoms with Crippen LogP contribution in [0.3, 0.4) is 0 Å². The molecule has 0 atom stereocenters. The van der Waals surface area contributed by atoms with Crippen LogP contribution in [0.1, 0.15) is 27.0 Å². The van der Waals surface area contributed by atoms with Crippen LogP contribution >= 0.6 is 0 Å². The van der Waals surface area contributed by atoms with Crippen LogP contribution in [0.15, 0.2) is 78.4 Å². The fraction of sp³-hybridized carbons (Fsp3) is 0.0800. The molecule has 0 saturated carbocycles. The van der Waals surface area contributed by atoms with E-state index in [1.807, 2.05) is 44.2 Å². The molecular weight excluding hydrogens is 376 g/mol. The van der Waals surface area contributed by atoms with Gasteiger partial charge in [-0.05, 0) is 61.9 Å². The average Bonchev–Trinajstić information content (AvgIpc) is 2.75. The normalized spacial score (nSPS) is 10.8. The molecule has 3 rings (SSSR count). The Morgan fingerprint density at radius 3 is 2.00 bits per heavy atom. The van der Waals surface area contributed by atoms with Gasteiger partial charge in [0.1, 0.15) is 17.4 Å². The van der Waals surface area contributed by atoms with Gasteiger partial charge in [-0.3, -0.25) is 4.79 Å². The van der Waals surface area contributed by atoms with Crippen molar-refractivity contribution in [2.45, 2.75) is 13.8 Å². The number of hydrogen-bond donors (Lipinski definition) is 1. The summed E-state index contributed by atoms with van der Waals surface area (Å²) < 4.78 is 5.36. The highest BCUT2D eigenvalue weighted by Crippen LogP contribution is 2.17. The van der Waals surface area contributed by atoms with Gasteiger partial charge in [0.05, 0.1) is 5.56 Å². The number of hydrogen-bond acceptors (Lipinski definition) is 4. The quantitative estimate of drug-likeness (QED) is 0.283. The fourth-order valence-corrected chi connectivity index (χ4v) is 2.64. The molecule has 3 aromatic rings. The van der Waals surface area contributed by atoms with Gasteiger partial charge in [-0.1, -0.05) is 47.5 Å². The lowest BCUT2D eigenvalue weighted by Gasteiger charge is -2.06. The van der Waals surface area contributed by atoms with Crippen LogP contribution in [0.2, 0.25) is 0 Å². The van der Waals surface area contributed by atoms with Crippen LogP contribution in [0.25, 0.3) is 6.08 Å². The van der Waals surface area contributed by atoms with Gasteiger partial charge in [0.15, 0.2) is 0 Å². The smallest absolute Gasteiger partial charge is 0.343 e. The van der Waals surface area contributed by atoms with E-state index < -0.39 is 11.9 Å². The number of nitrogens with one attached hydrogen (secondary N) is 1. The number of anilines is 1. The molecular formula is C25H20N2O3. The Morgan fingerprint density at radius 1 is 0.867 bits per heavy atom. The molecule has 1 N–H and O–H groups in total. The molecule has 30 heavy (non-hydrogen) atoms. The van der Waals surface area contributed by atoms with Crippen LogP contribution in [-0.4, -0.2) is 11.9 Å². The van der Waals surface area contributed by atoms with Crippen molar-refractivity contribution in [2.24, 2.45) is 0 Å². The monoisotopic (exact) mass is 396 g/mol. The van der Waals surface area contributed by atoms with E-state index in [2.05, 4.69) is 5.32 Å². The highest BCUT2D eigenvalue weighted by molar-refractivity contribution is 6.09. The molecule has 0 aliphatic heterocycles. The molecule has 5 heteroatoms. The highest BCUT2D eigenvalue weighted by Gasteiger charge is 2.11. The van der Waals surface area contributed by atoms with E-state index in [1.54, 1.807) is 48.5 Å². The Morgan fingerprint density at radius 2 is 1.43 bits per heavy atom. The average molecular weight is 396 g/mol. The molecule has 1 amide bonds. The zero-order valence-corrected chi connectivity index (χ0v) is 16.7. The predicted octanol–water partition coefficient (Wildman–Crippen LogP) is 5.07. The SMILES string of the molecule is Cc1ccc(NC(=O)C(C#N)=Cc2ccc(OC(=O)c3ccc(C)cc3)cc2)cc1. The summed E-state index contributed by atoms with van der Waals surface area (Å²) in [6.45, 7) is 3.89. The lowest BCUT2D eigenvalue weighted by Crippen LogP contribution is -2.13. The van der Waals surface area contributed by atoms with Crippen molar-refractivity contribution in [3.8, 4) is 11.8 Å². The van der Waals surface area contributed by atoms with Crippen molar-refractivity contribution in [3.63, 3.8) is 0 Å². The number of ether oxygens (including phenoxy) is 1. The van der Waals surface area contributed by atoms with Crippen molar-refractivity contribution in [1.82, 2.24) is 0 Å². The maximum absolute atomic E-state index is 12.4. The van der Waals surface area contributed by atoms with Crippen molar-refractivity contribution < 1.29 is 14.3 Å². The number of nitrogens with zero attached hydrogens (tertiary/aromatic N) is 1. The zero-order valence-electron chi connectivity index (χ0n) is 16.7. The van der Waals surface area contributed by atoms with Crippen molar-refractivity contribution in [3.05, 3.63) is 101 Å².